The van der Waals surface area contributed by atoms with Crippen LogP contribution in [0.1, 0.15) is 80.0 Å². The first-order valence-electron chi connectivity index (χ1n) is 15.9. The van der Waals surface area contributed by atoms with Gasteiger partial charge in [0.25, 0.3) is 5.76 Å². The Balaban J connectivity index is 1.50. The molecule has 11 heteroatoms. The first-order chi connectivity index (χ1) is 22.6. The molecule has 5 rings (SSSR count). The summed E-state index contributed by atoms with van der Waals surface area (Å²) < 4.78 is 65.8. The minimum atomic E-state index is -5.07. The van der Waals surface area contributed by atoms with Crippen molar-refractivity contribution in [3.05, 3.63) is 92.8 Å². The molecule has 0 saturated carbocycles. The summed E-state index contributed by atoms with van der Waals surface area (Å²) in [6, 6.07) is 14.8. The molecule has 3 aromatic carbocycles. The third kappa shape index (κ3) is 8.87. The number of likely N-dealkylation sites (tertiary alicyclic amines) is 1. The molecule has 0 radical (unpaired) electrons. The van der Waals surface area contributed by atoms with E-state index in [0.29, 0.717) is 30.5 Å². The smallest absolute Gasteiger partial charge is 0.453 e. The molecule has 7 nitrogen and oxygen atoms in total. The lowest BCUT2D eigenvalue weighted by molar-refractivity contribution is -0.154. The van der Waals surface area contributed by atoms with Crippen LogP contribution in [-0.2, 0) is 12.7 Å². The average molecular weight is 672 g/mol. The number of nitrogens with zero attached hydrogens (tertiary/aromatic N) is 1. The second kappa shape index (κ2) is 15.7. The third-order valence-electron chi connectivity index (χ3n) is 8.01. The Hall–Kier alpha value is -4.02. The first kappa shape index (κ1) is 34.3. The van der Waals surface area contributed by atoms with Crippen molar-refractivity contribution >= 4 is 28.5 Å². The van der Waals surface area contributed by atoms with Crippen molar-refractivity contribution in [2.45, 2.75) is 71.0 Å². The van der Waals surface area contributed by atoms with E-state index < -0.39 is 29.1 Å². The molecule has 0 amide bonds. The van der Waals surface area contributed by atoms with E-state index in [2.05, 4.69) is 11.8 Å². The Labute approximate surface area is 276 Å². The Morgan fingerprint density at radius 1 is 0.894 bits per heavy atom. The van der Waals surface area contributed by atoms with Crippen molar-refractivity contribution in [3.8, 4) is 23.0 Å². The summed E-state index contributed by atoms with van der Waals surface area (Å²) >= 11 is 5.90. The highest BCUT2D eigenvalue weighted by Gasteiger charge is 2.41. The van der Waals surface area contributed by atoms with Crippen molar-refractivity contribution in [2.24, 2.45) is 0 Å². The molecule has 1 aliphatic heterocycles. The Kier molecular flexibility index (Phi) is 11.5. The van der Waals surface area contributed by atoms with Gasteiger partial charge in [-0.15, -0.1) is 0 Å². The van der Waals surface area contributed by atoms with Crippen LogP contribution in [0.5, 0.6) is 23.0 Å². The van der Waals surface area contributed by atoms with E-state index in [4.69, 9.17) is 30.2 Å². The molecular weight excluding hydrogens is 635 g/mol. The Bertz CT molecular complexity index is 1710. The number of hydrogen-bond acceptors (Lipinski definition) is 7. The number of ether oxygens (including phenoxy) is 3. The quantitative estimate of drug-likeness (QED) is 0.0843. The van der Waals surface area contributed by atoms with E-state index in [-0.39, 0.29) is 40.1 Å². The number of carbonyl (C=O) groups excluding carboxylic acids is 1. The zero-order chi connectivity index (χ0) is 33.4. The van der Waals surface area contributed by atoms with Crippen molar-refractivity contribution in [3.63, 3.8) is 0 Å². The fraction of sp³-hybridized carbons (Fsp3) is 0.389. The number of esters is 1. The predicted molar refractivity (Wildman–Crippen MR) is 174 cm³/mol. The molecule has 1 aliphatic rings. The molecule has 47 heavy (non-hydrogen) atoms. The predicted octanol–water partition coefficient (Wildman–Crippen LogP) is 9.81. The van der Waals surface area contributed by atoms with Gasteiger partial charge < -0.3 is 18.6 Å². The highest BCUT2D eigenvalue weighted by atomic mass is 35.5. The summed E-state index contributed by atoms with van der Waals surface area (Å²) in [5, 5.41) is 0.216. The SMILES string of the molecule is CCCCCCOc1ccc(C(=O)Oc2ccc3c(=O)c(Oc4ccc(Cl)cc4)c(C(F)(F)F)oc3c2CN2CCCCCC2)cc1. The van der Waals surface area contributed by atoms with E-state index in [1.54, 1.807) is 24.3 Å². The molecule has 0 bridgehead atoms. The molecule has 250 valence electrons. The summed E-state index contributed by atoms with van der Waals surface area (Å²) in [4.78, 5) is 29.0. The highest BCUT2D eigenvalue weighted by Crippen LogP contribution is 2.40. The van der Waals surface area contributed by atoms with Gasteiger partial charge >= 0.3 is 12.1 Å². The lowest BCUT2D eigenvalue weighted by atomic mass is 10.1. The van der Waals surface area contributed by atoms with E-state index in [0.717, 1.165) is 51.4 Å². The number of alkyl halides is 3. The molecule has 0 unspecified atom stereocenters. The maximum absolute atomic E-state index is 14.4. The van der Waals surface area contributed by atoms with Crippen LogP contribution in [0.3, 0.4) is 0 Å². The van der Waals surface area contributed by atoms with E-state index in [1.807, 2.05) is 0 Å². The Morgan fingerprint density at radius 3 is 2.23 bits per heavy atom. The molecule has 1 saturated heterocycles. The van der Waals surface area contributed by atoms with Crippen molar-refractivity contribution in [1.29, 1.82) is 0 Å². The van der Waals surface area contributed by atoms with Gasteiger partial charge in [-0.1, -0.05) is 50.6 Å². The summed E-state index contributed by atoms with van der Waals surface area (Å²) in [6.45, 7) is 4.20. The monoisotopic (exact) mass is 671 g/mol. The maximum Gasteiger partial charge on any atom is 0.453 e. The number of hydrogen-bond donors (Lipinski definition) is 0. The van der Waals surface area contributed by atoms with Gasteiger partial charge in [-0.3, -0.25) is 9.69 Å². The number of benzene rings is 3. The summed E-state index contributed by atoms with van der Waals surface area (Å²) in [5.41, 5.74) is -0.917. The fourth-order valence-electron chi connectivity index (χ4n) is 5.51. The van der Waals surface area contributed by atoms with E-state index in [9.17, 15) is 22.8 Å². The standard InChI is InChI=1S/C36H37ClF3NO6/c1-2-3-4-9-22-44-26-14-10-24(11-15-26)35(43)46-30-19-18-28-31(42)33(45-27-16-12-25(37)13-17-27)34(36(38,39)40)47-32(28)29(30)23-41-20-7-5-6-8-21-41/h10-19H,2-9,20-23H2,1H3. The molecule has 1 fully saturated rings. The van der Waals surface area contributed by atoms with Gasteiger partial charge in [0, 0.05) is 11.6 Å². The van der Waals surface area contributed by atoms with Crippen LogP contribution < -0.4 is 19.6 Å². The molecule has 0 aliphatic carbocycles. The van der Waals surface area contributed by atoms with Crippen LogP contribution in [0.25, 0.3) is 11.0 Å². The molecule has 0 spiro atoms. The normalized spacial score (nSPS) is 14.1. The highest BCUT2D eigenvalue weighted by molar-refractivity contribution is 6.30. The second-order valence-electron chi connectivity index (χ2n) is 11.6. The van der Waals surface area contributed by atoms with Crippen LogP contribution in [0.2, 0.25) is 5.02 Å². The number of carbonyl (C=O) groups is 1. The molecule has 4 aromatic rings. The van der Waals surface area contributed by atoms with Crippen LogP contribution in [0, 0.1) is 0 Å². The van der Waals surface area contributed by atoms with Gasteiger partial charge in [0.2, 0.25) is 11.2 Å². The summed E-state index contributed by atoms with van der Waals surface area (Å²) in [7, 11) is 0. The largest absolute Gasteiger partial charge is 0.494 e. The molecule has 1 aromatic heterocycles. The molecule has 2 heterocycles. The fourth-order valence-corrected chi connectivity index (χ4v) is 5.63. The van der Waals surface area contributed by atoms with Gasteiger partial charge in [-0.05, 0) is 93.0 Å². The summed E-state index contributed by atoms with van der Waals surface area (Å²) in [5.74, 6) is -2.69. The van der Waals surface area contributed by atoms with Crippen LogP contribution in [0.4, 0.5) is 13.2 Å². The average Bonchev–Trinajstić information content (AvgIpc) is 3.32. The molecular formula is C36H37ClF3NO6. The number of unbranched alkanes of at least 4 members (excludes halogenated alkanes) is 3. The minimum Gasteiger partial charge on any atom is -0.494 e. The number of rotatable bonds is 12. The number of fused-ring (bicyclic) bond motifs is 1. The van der Waals surface area contributed by atoms with E-state index >= 15 is 0 Å². The van der Waals surface area contributed by atoms with Crippen molar-refractivity contribution in [1.82, 2.24) is 4.90 Å². The van der Waals surface area contributed by atoms with Crippen molar-refractivity contribution < 1.29 is 36.6 Å². The van der Waals surface area contributed by atoms with Gasteiger partial charge in [0.05, 0.1) is 23.1 Å². The minimum absolute atomic E-state index is 0.00522. The van der Waals surface area contributed by atoms with Crippen LogP contribution in [-0.4, -0.2) is 30.6 Å². The zero-order valence-corrected chi connectivity index (χ0v) is 26.9. The third-order valence-corrected chi connectivity index (χ3v) is 8.26. The van der Waals surface area contributed by atoms with E-state index in [1.165, 1.54) is 36.4 Å². The van der Waals surface area contributed by atoms with Gasteiger partial charge in [0.15, 0.2) is 0 Å². The van der Waals surface area contributed by atoms with Gasteiger partial charge in [-0.25, -0.2) is 4.79 Å². The first-order valence-corrected chi connectivity index (χ1v) is 16.3. The van der Waals surface area contributed by atoms with Crippen molar-refractivity contribution in [2.75, 3.05) is 19.7 Å². The second-order valence-corrected chi connectivity index (χ2v) is 12.0. The maximum atomic E-state index is 14.4. The van der Waals surface area contributed by atoms with Gasteiger partial charge in [-0.2, -0.15) is 13.2 Å². The Morgan fingerprint density at radius 2 is 1.57 bits per heavy atom. The van der Waals surface area contributed by atoms with Crippen LogP contribution in [0.15, 0.2) is 69.9 Å². The lowest BCUT2D eigenvalue weighted by Gasteiger charge is -2.22. The molecule has 0 atom stereocenters. The molecule has 0 N–H and O–H groups in total. The zero-order valence-electron chi connectivity index (χ0n) is 26.2. The van der Waals surface area contributed by atoms with Gasteiger partial charge in [0.1, 0.15) is 22.8 Å². The summed E-state index contributed by atoms with van der Waals surface area (Å²) in [6.07, 6.45) is 3.09. The lowest BCUT2D eigenvalue weighted by Crippen LogP contribution is -2.25. The number of halogens is 4. The topological polar surface area (TPSA) is 78.2 Å². The van der Waals surface area contributed by atoms with Crippen LogP contribution >= 0.6 is 11.6 Å².